The predicted octanol–water partition coefficient (Wildman–Crippen LogP) is 3.97. The number of pyridine rings is 1. The van der Waals surface area contributed by atoms with Gasteiger partial charge in [-0.15, -0.1) is 0 Å². The molecule has 3 aromatic heterocycles. The molecule has 0 saturated carbocycles. The number of nitrogens with one attached hydrogen (secondary N) is 1. The van der Waals surface area contributed by atoms with Crippen LogP contribution in [0.25, 0.3) is 16.6 Å². The number of anilines is 1. The fourth-order valence-corrected chi connectivity index (χ4v) is 6.33. The molecule has 2 aliphatic heterocycles. The van der Waals surface area contributed by atoms with Crippen molar-refractivity contribution < 1.29 is 23.4 Å². The maximum Gasteiger partial charge on any atom is 0.219 e. The number of nitrogens with zero attached hydrogens (tertiary/aromatic N) is 5. The first-order chi connectivity index (χ1) is 21.2. The number of nitrogens with two attached hydrogens (primary N) is 1. The molecule has 7 rings (SSSR count). The van der Waals surface area contributed by atoms with Crippen LogP contribution in [-0.2, 0) is 13.0 Å². The van der Waals surface area contributed by atoms with Crippen LogP contribution < -0.4 is 10.5 Å². The van der Waals surface area contributed by atoms with E-state index in [0.717, 1.165) is 48.2 Å². The zero-order chi connectivity index (χ0) is 30.7. The van der Waals surface area contributed by atoms with Crippen molar-refractivity contribution in [2.24, 2.45) is 0 Å². The minimum atomic E-state index is -0.845. The van der Waals surface area contributed by atoms with Gasteiger partial charge in [-0.05, 0) is 61.3 Å². The van der Waals surface area contributed by atoms with Gasteiger partial charge >= 0.3 is 0 Å². The molecule has 1 unspecified atom stereocenters. The number of aromatic amines is 1. The van der Waals surface area contributed by atoms with Crippen LogP contribution in [0.1, 0.15) is 32.7 Å². The third kappa shape index (κ3) is 4.71. The van der Waals surface area contributed by atoms with Crippen LogP contribution in [0, 0.1) is 18.6 Å². The van der Waals surface area contributed by atoms with Gasteiger partial charge < -0.3 is 25.5 Å². The Hall–Kier alpha value is -4.65. The number of aromatic nitrogens is 4. The van der Waals surface area contributed by atoms with E-state index in [9.17, 15) is 18.7 Å². The fourth-order valence-electron chi connectivity index (χ4n) is 6.33. The smallest absolute Gasteiger partial charge is 0.219 e. The van der Waals surface area contributed by atoms with Crippen molar-refractivity contribution in [2.75, 3.05) is 32.5 Å². The lowest BCUT2D eigenvalue weighted by atomic mass is 9.89. The quantitative estimate of drug-likeness (QED) is 0.240. The first kappa shape index (κ1) is 28.1. The Morgan fingerprint density at radius 2 is 1.93 bits per heavy atom. The molecule has 10 nitrogen and oxygen atoms in total. The Morgan fingerprint density at radius 3 is 2.64 bits per heavy atom. The van der Waals surface area contributed by atoms with Gasteiger partial charge in [0.05, 0.1) is 35.9 Å². The first-order valence-electron chi connectivity index (χ1n) is 14.4. The summed E-state index contributed by atoms with van der Waals surface area (Å²) in [6, 6.07) is 11.4. The fraction of sp³-hybridized carbons (Fsp3) is 0.281. The van der Waals surface area contributed by atoms with Crippen molar-refractivity contribution in [1.29, 1.82) is 0 Å². The third-order valence-corrected chi connectivity index (χ3v) is 8.71. The zero-order valence-corrected chi connectivity index (χ0v) is 24.2. The number of H-pyrrole nitrogens is 1. The van der Waals surface area contributed by atoms with E-state index in [4.69, 9.17) is 10.5 Å². The second-order valence-corrected chi connectivity index (χ2v) is 11.6. The molecule has 2 aliphatic rings. The Balaban J connectivity index is 1.15. The highest BCUT2D eigenvalue weighted by molar-refractivity contribution is 6.12. The Kier molecular flexibility index (Phi) is 6.91. The molecule has 0 spiro atoms. The number of hydrogen-bond acceptors (Lipinski definition) is 8. The SMILES string of the molecule is Cc1cc(Oc2c(F)cccc2F)ncc1-n1ncc(C(=O)c2cc3c4c(ccc3[nH]2)CN(C2CN(C)C2)C(CO)C4)c1N. The standard InChI is InChI=1S/C32H31F2N7O3/c1-17-8-29(44-31-24(33)4-3-5-25(31)34)36-12-28(17)41-32(35)23(11-37-41)30(43)27-10-22-21-9-19(16-42)40(20-14-39(2)15-20)13-18(21)6-7-26(22)38-27/h3-8,10-12,19-20,38,42H,9,13-16,35H2,1-2H3. The molecule has 12 heteroatoms. The number of likely N-dealkylation sites (tertiary alicyclic amines) is 1. The summed E-state index contributed by atoms with van der Waals surface area (Å²) in [6.07, 6.45) is 3.52. The van der Waals surface area contributed by atoms with E-state index in [1.165, 1.54) is 34.8 Å². The van der Waals surface area contributed by atoms with E-state index in [-0.39, 0.29) is 35.7 Å². The largest absolute Gasteiger partial charge is 0.433 e. The summed E-state index contributed by atoms with van der Waals surface area (Å²) in [7, 11) is 2.10. The number of carbonyl (C=O) groups excluding carboxylic acids is 1. The number of halogens is 2. The molecule has 4 N–H and O–H groups in total. The van der Waals surface area contributed by atoms with Gasteiger partial charge in [0.15, 0.2) is 11.6 Å². The number of para-hydroxylation sites is 1. The molecule has 5 aromatic rings. The number of ether oxygens (including phenoxy) is 1. The normalized spacial score (nSPS) is 17.5. The summed E-state index contributed by atoms with van der Waals surface area (Å²) >= 11 is 0. The number of nitrogen functional groups attached to an aromatic ring is 1. The van der Waals surface area contributed by atoms with Crippen molar-refractivity contribution in [2.45, 2.75) is 32.0 Å². The number of aliphatic hydroxyl groups excluding tert-OH is 1. The Labute approximate surface area is 251 Å². The van der Waals surface area contributed by atoms with Crippen molar-refractivity contribution in [3.63, 3.8) is 0 Å². The van der Waals surface area contributed by atoms with Crippen LogP contribution in [-0.4, -0.2) is 79.3 Å². The highest BCUT2D eigenvalue weighted by Gasteiger charge is 2.37. The summed E-state index contributed by atoms with van der Waals surface area (Å²) in [5, 5.41) is 15.5. The van der Waals surface area contributed by atoms with Crippen molar-refractivity contribution in [1.82, 2.24) is 29.5 Å². The minimum Gasteiger partial charge on any atom is -0.433 e. The molecule has 1 fully saturated rings. The predicted molar refractivity (Wildman–Crippen MR) is 160 cm³/mol. The van der Waals surface area contributed by atoms with Gasteiger partial charge in [-0.2, -0.15) is 5.10 Å². The topological polar surface area (TPSA) is 126 Å². The van der Waals surface area contributed by atoms with Crippen LogP contribution in [0.3, 0.4) is 0 Å². The van der Waals surface area contributed by atoms with E-state index in [2.05, 4.69) is 38.0 Å². The highest BCUT2D eigenvalue weighted by atomic mass is 19.1. The number of fused-ring (bicyclic) bond motifs is 3. The van der Waals surface area contributed by atoms with Crippen LogP contribution in [0.4, 0.5) is 14.6 Å². The van der Waals surface area contributed by atoms with E-state index in [1.54, 1.807) is 6.92 Å². The number of ketones is 1. The average molecular weight is 600 g/mol. The Morgan fingerprint density at radius 1 is 1.16 bits per heavy atom. The van der Waals surface area contributed by atoms with Crippen molar-refractivity contribution >= 4 is 22.5 Å². The van der Waals surface area contributed by atoms with Gasteiger partial charge in [-0.25, -0.2) is 18.4 Å². The average Bonchev–Trinajstić information content (AvgIpc) is 3.60. The summed E-state index contributed by atoms with van der Waals surface area (Å²) < 4.78 is 34.8. The molecule has 5 heterocycles. The van der Waals surface area contributed by atoms with E-state index < -0.39 is 17.4 Å². The second kappa shape index (κ2) is 10.8. The molecule has 226 valence electrons. The van der Waals surface area contributed by atoms with Gasteiger partial charge in [0.25, 0.3) is 0 Å². The summed E-state index contributed by atoms with van der Waals surface area (Å²) in [5.41, 5.74) is 11.3. The molecule has 1 saturated heterocycles. The lowest BCUT2D eigenvalue weighted by molar-refractivity contribution is -0.00663. The molecule has 0 aliphatic carbocycles. The van der Waals surface area contributed by atoms with E-state index in [0.29, 0.717) is 29.4 Å². The van der Waals surface area contributed by atoms with Crippen molar-refractivity contribution in [3.8, 4) is 17.3 Å². The highest BCUT2D eigenvalue weighted by Crippen LogP contribution is 2.34. The molecule has 44 heavy (non-hydrogen) atoms. The van der Waals surface area contributed by atoms with Gasteiger partial charge in [0, 0.05) is 48.7 Å². The summed E-state index contributed by atoms with van der Waals surface area (Å²) in [6.45, 7) is 4.56. The monoisotopic (exact) mass is 599 g/mol. The first-order valence-corrected chi connectivity index (χ1v) is 14.4. The van der Waals surface area contributed by atoms with E-state index in [1.807, 2.05) is 12.1 Å². The molecular formula is C32H31F2N7O3. The molecule has 0 amide bonds. The Bertz CT molecular complexity index is 1890. The van der Waals surface area contributed by atoms with Gasteiger partial charge in [0.2, 0.25) is 17.4 Å². The number of benzene rings is 2. The second-order valence-electron chi connectivity index (χ2n) is 11.6. The summed E-state index contributed by atoms with van der Waals surface area (Å²) in [4.78, 5) is 25.8. The number of aryl methyl sites for hydroxylation is 1. The number of aliphatic hydroxyl groups is 1. The number of rotatable bonds is 7. The zero-order valence-electron chi connectivity index (χ0n) is 24.2. The molecule has 0 radical (unpaired) electrons. The number of carbonyl (C=O) groups is 1. The number of hydrogen-bond donors (Lipinski definition) is 3. The molecular weight excluding hydrogens is 568 g/mol. The van der Waals surface area contributed by atoms with Crippen LogP contribution >= 0.6 is 0 Å². The lowest BCUT2D eigenvalue weighted by Crippen LogP contribution is -2.61. The van der Waals surface area contributed by atoms with Crippen LogP contribution in [0.2, 0.25) is 0 Å². The molecule has 1 atom stereocenters. The maximum atomic E-state index is 14.0. The number of likely N-dealkylation sites (N-methyl/N-ethyl adjacent to an activating group) is 1. The molecule has 2 aromatic carbocycles. The van der Waals surface area contributed by atoms with Gasteiger partial charge in [-0.3, -0.25) is 9.69 Å². The molecule has 0 bridgehead atoms. The lowest BCUT2D eigenvalue weighted by Gasteiger charge is -2.48. The minimum absolute atomic E-state index is 0.00901. The summed E-state index contributed by atoms with van der Waals surface area (Å²) in [5.74, 6) is -2.44. The third-order valence-electron chi connectivity index (χ3n) is 8.71. The van der Waals surface area contributed by atoms with Crippen LogP contribution in [0.5, 0.6) is 11.6 Å². The van der Waals surface area contributed by atoms with Crippen LogP contribution in [0.15, 0.2) is 54.9 Å². The maximum absolute atomic E-state index is 14.0. The van der Waals surface area contributed by atoms with Gasteiger partial charge in [-0.1, -0.05) is 12.1 Å². The van der Waals surface area contributed by atoms with Gasteiger partial charge in [0.1, 0.15) is 5.82 Å². The van der Waals surface area contributed by atoms with E-state index >= 15 is 0 Å². The van der Waals surface area contributed by atoms with Crippen molar-refractivity contribution in [3.05, 3.63) is 94.4 Å².